The van der Waals surface area contributed by atoms with E-state index in [1.807, 2.05) is 26.2 Å². The number of rotatable bonds is 7. The molecule has 1 amide bonds. The van der Waals surface area contributed by atoms with E-state index in [1.165, 1.54) is 0 Å². The molecule has 4 nitrogen and oxygen atoms in total. The van der Waals surface area contributed by atoms with Crippen LogP contribution in [-0.2, 0) is 0 Å². The van der Waals surface area contributed by atoms with Crippen molar-refractivity contribution in [2.24, 2.45) is 5.84 Å². The van der Waals surface area contributed by atoms with E-state index in [-0.39, 0.29) is 17.5 Å². The predicted octanol–water partition coefficient (Wildman–Crippen LogP) is 3.29. The average Bonchev–Trinajstić information content (AvgIpc) is 2.46. The van der Waals surface area contributed by atoms with E-state index in [4.69, 9.17) is 5.84 Å². The van der Waals surface area contributed by atoms with Crippen molar-refractivity contribution in [1.29, 1.82) is 0 Å². The molecule has 1 rings (SSSR count). The molecule has 0 bridgehead atoms. The maximum absolute atomic E-state index is 13.7. The van der Waals surface area contributed by atoms with Crippen LogP contribution in [0.3, 0.4) is 0 Å². The molecular weight excluding hydrogens is 276 g/mol. The zero-order valence-corrected chi connectivity index (χ0v) is 12.7. The number of carbonyl (C=O) groups is 1. The minimum absolute atomic E-state index is 0.000373. The Morgan fingerprint density at radius 2 is 1.90 bits per heavy atom. The fourth-order valence-corrected chi connectivity index (χ4v) is 2.07. The molecule has 118 valence electrons. The van der Waals surface area contributed by atoms with Crippen molar-refractivity contribution in [1.82, 2.24) is 4.90 Å². The minimum Gasteiger partial charge on any atom is -0.336 e. The number of unbranched alkanes of at least 4 members (excludes halogenated alkanes) is 1. The molecule has 0 fully saturated rings. The lowest BCUT2D eigenvalue weighted by Crippen LogP contribution is -2.39. The number of nitrogen functional groups attached to an aromatic ring is 1. The van der Waals surface area contributed by atoms with E-state index in [0.29, 0.717) is 6.54 Å². The molecule has 0 aromatic heterocycles. The van der Waals surface area contributed by atoms with Gasteiger partial charge in [-0.05, 0) is 31.9 Å². The fraction of sp³-hybridized carbons (Fsp3) is 0.533. The lowest BCUT2D eigenvalue weighted by molar-refractivity contribution is 0.0684. The first-order valence-electron chi connectivity index (χ1n) is 7.22. The zero-order chi connectivity index (χ0) is 16.0. The molecular formula is C15H23F2N3O. The third kappa shape index (κ3) is 4.14. The number of hydrogen-bond acceptors (Lipinski definition) is 3. The van der Waals surface area contributed by atoms with Crippen molar-refractivity contribution in [2.45, 2.75) is 46.1 Å². The molecule has 0 heterocycles. The summed E-state index contributed by atoms with van der Waals surface area (Å²) in [6.45, 7) is 6.50. The third-order valence-electron chi connectivity index (χ3n) is 3.57. The van der Waals surface area contributed by atoms with Gasteiger partial charge in [0.1, 0.15) is 5.69 Å². The van der Waals surface area contributed by atoms with Crippen molar-refractivity contribution in [2.75, 3.05) is 12.0 Å². The normalized spacial score (nSPS) is 12.1. The monoisotopic (exact) mass is 299 g/mol. The Bertz CT molecular complexity index is 471. The highest BCUT2D eigenvalue weighted by atomic mass is 19.1. The smallest absolute Gasteiger partial charge is 0.254 e. The Balaban J connectivity index is 3.08. The molecule has 1 aromatic rings. The highest BCUT2D eigenvalue weighted by molar-refractivity contribution is 5.94. The third-order valence-corrected chi connectivity index (χ3v) is 3.57. The summed E-state index contributed by atoms with van der Waals surface area (Å²) in [5, 5.41) is 0. The van der Waals surface area contributed by atoms with Crippen LogP contribution in [0.1, 0.15) is 50.4 Å². The molecule has 3 N–H and O–H groups in total. The summed E-state index contributed by atoms with van der Waals surface area (Å²) >= 11 is 0. The number of nitrogens with one attached hydrogen (secondary N) is 1. The van der Waals surface area contributed by atoms with Gasteiger partial charge in [-0.2, -0.15) is 0 Å². The zero-order valence-electron chi connectivity index (χ0n) is 12.7. The molecule has 1 aromatic carbocycles. The van der Waals surface area contributed by atoms with Crippen molar-refractivity contribution in [3.05, 3.63) is 29.3 Å². The molecule has 0 aliphatic carbocycles. The maximum atomic E-state index is 13.7. The topological polar surface area (TPSA) is 58.4 Å². The van der Waals surface area contributed by atoms with Gasteiger partial charge in [-0.3, -0.25) is 10.6 Å². The second-order valence-corrected chi connectivity index (χ2v) is 5.07. The molecule has 0 radical (unpaired) electrons. The molecule has 1 atom stereocenters. The second-order valence-electron chi connectivity index (χ2n) is 5.07. The van der Waals surface area contributed by atoms with Crippen LogP contribution in [0.5, 0.6) is 0 Å². The molecule has 21 heavy (non-hydrogen) atoms. The SMILES string of the molecule is CCCCN(C(=O)c1cc(F)c(NN)c(F)c1)C(C)CC. The van der Waals surface area contributed by atoms with Crippen LogP contribution in [0.25, 0.3) is 0 Å². The second kappa shape index (κ2) is 7.93. The van der Waals surface area contributed by atoms with Crippen LogP contribution >= 0.6 is 0 Å². The molecule has 1 unspecified atom stereocenters. The van der Waals surface area contributed by atoms with Gasteiger partial charge in [-0.25, -0.2) is 8.78 Å². The Labute approximate surface area is 124 Å². The van der Waals surface area contributed by atoms with Crippen LogP contribution in [0, 0.1) is 11.6 Å². The fourth-order valence-electron chi connectivity index (χ4n) is 2.07. The first-order valence-corrected chi connectivity index (χ1v) is 7.22. The summed E-state index contributed by atoms with van der Waals surface area (Å²) in [6, 6.07) is 2.05. The van der Waals surface area contributed by atoms with Crippen LogP contribution < -0.4 is 11.3 Å². The maximum Gasteiger partial charge on any atom is 0.254 e. The number of hydrazine groups is 1. The van der Waals surface area contributed by atoms with Gasteiger partial charge in [0.15, 0.2) is 11.6 Å². The lowest BCUT2D eigenvalue weighted by atomic mass is 10.1. The summed E-state index contributed by atoms with van der Waals surface area (Å²) in [5.41, 5.74) is 1.52. The lowest BCUT2D eigenvalue weighted by Gasteiger charge is -2.29. The number of benzene rings is 1. The van der Waals surface area contributed by atoms with Gasteiger partial charge in [0.05, 0.1) is 0 Å². The first kappa shape index (κ1) is 17.4. The molecule has 0 saturated heterocycles. The summed E-state index contributed by atoms with van der Waals surface area (Å²) in [5.74, 6) is 2.94. The summed E-state index contributed by atoms with van der Waals surface area (Å²) in [4.78, 5) is 14.2. The standard InChI is InChI=1S/C15H23F2N3O/c1-4-6-7-20(10(3)5-2)15(21)11-8-12(16)14(19-18)13(17)9-11/h8-10,19H,4-7,18H2,1-3H3. The highest BCUT2D eigenvalue weighted by Gasteiger charge is 2.22. The number of nitrogens with zero attached hydrogens (tertiary/aromatic N) is 1. The first-order chi connectivity index (χ1) is 9.96. The van der Waals surface area contributed by atoms with Gasteiger partial charge in [-0.1, -0.05) is 20.3 Å². The molecule has 0 aliphatic heterocycles. The van der Waals surface area contributed by atoms with E-state index >= 15 is 0 Å². The Morgan fingerprint density at radius 1 is 1.33 bits per heavy atom. The van der Waals surface area contributed by atoms with Gasteiger partial charge >= 0.3 is 0 Å². The average molecular weight is 299 g/mol. The number of anilines is 1. The number of nitrogens with two attached hydrogens (primary N) is 1. The Hall–Kier alpha value is -1.69. The van der Waals surface area contributed by atoms with Gasteiger partial charge in [-0.15, -0.1) is 0 Å². The molecule has 6 heteroatoms. The largest absolute Gasteiger partial charge is 0.336 e. The van der Waals surface area contributed by atoms with Crippen molar-refractivity contribution in [3.8, 4) is 0 Å². The van der Waals surface area contributed by atoms with E-state index in [9.17, 15) is 13.6 Å². The number of halogens is 2. The van der Waals surface area contributed by atoms with E-state index in [1.54, 1.807) is 4.90 Å². The number of hydrogen-bond donors (Lipinski definition) is 2. The van der Waals surface area contributed by atoms with Gasteiger partial charge in [0, 0.05) is 18.2 Å². The highest BCUT2D eigenvalue weighted by Crippen LogP contribution is 2.21. The summed E-state index contributed by atoms with van der Waals surface area (Å²) < 4.78 is 27.4. The predicted molar refractivity (Wildman–Crippen MR) is 79.9 cm³/mol. The quantitative estimate of drug-likeness (QED) is 0.600. The van der Waals surface area contributed by atoms with Gasteiger partial charge < -0.3 is 10.3 Å². The number of amides is 1. The Morgan fingerprint density at radius 3 is 2.33 bits per heavy atom. The van der Waals surface area contributed by atoms with Crippen molar-refractivity contribution < 1.29 is 13.6 Å². The van der Waals surface area contributed by atoms with E-state index in [2.05, 4.69) is 0 Å². The van der Waals surface area contributed by atoms with Crippen LogP contribution in [-0.4, -0.2) is 23.4 Å². The Kier molecular flexibility index (Phi) is 6.55. The van der Waals surface area contributed by atoms with E-state index < -0.39 is 17.3 Å². The minimum atomic E-state index is -0.875. The summed E-state index contributed by atoms with van der Waals surface area (Å²) in [7, 11) is 0. The summed E-state index contributed by atoms with van der Waals surface area (Å²) in [6.07, 6.45) is 2.57. The molecule has 0 spiro atoms. The molecule has 0 aliphatic rings. The van der Waals surface area contributed by atoms with Crippen LogP contribution in [0.15, 0.2) is 12.1 Å². The van der Waals surface area contributed by atoms with Crippen LogP contribution in [0.4, 0.5) is 14.5 Å². The van der Waals surface area contributed by atoms with Crippen molar-refractivity contribution in [3.63, 3.8) is 0 Å². The van der Waals surface area contributed by atoms with E-state index in [0.717, 1.165) is 31.4 Å². The van der Waals surface area contributed by atoms with Gasteiger partial charge in [0.2, 0.25) is 0 Å². The van der Waals surface area contributed by atoms with Crippen molar-refractivity contribution >= 4 is 11.6 Å². The van der Waals surface area contributed by atoms with Crippen LogP contribution in [0.2, 0.25) is 0 Å². The molecule has 0 saturated carbocycles. The number of carbonyl (C=O) groups excluding carboxylic acids is 1. The van der Waals surface area contributed by atoms with Gasteiger partial charge in [0.25, 0.3) is 5.91 Å².